The van der Waals surface area contributed by atoms with Crippen LogP contribution < -0.4 is 10.6 Å². The first-order chi connectivity index (χ1) is 12.7. The number of carbonyl (C=O) groups excluding carboxylic acids is 2. The Morgan fingerprint density at radius 1 is 1.12 bits per heavy atom. The molecule has 2 amide bonds. The Hall–Kier alpha value is -2.71. The molecule has 2 heterocycles. The van der Waals surface area contributed by atoms with Gasteiger partial charge in [-0.25, -0.2) is 0 Å². The van der Waals surface area contributed by atoms with E-state index in [1.165, 1.54) is 0 Å². The van der Waals surface area contributed by atoms with Crippen LogP contribution >= 0.6 is 0 Å². The average Bonchev–Trinajstić information content (AvgIpc) is 3.18. The molecule has 138 valence electrons. The first kappa shape index (κ1) is 18.1. The number of carbonyl (C=O) groups is 2. The minimum atomic E-state index is -0.445. The summed E-state index contributed by atoms with van der Waals surface area (Å²) in [5, 5.41) is 9.09. The van der Waals surface area contributed by atoms with E-state index in [-0.39, 0.29) is 18.1 Å². The summed E-state index contributed by atoms with van der Waals surface area (Å²) in [4.78, 5) is 26.1. The van der Waals surface area contributed by atoms with Gasteiger partial charge in [0, 0.05) is 37.8 Å². The van der Waals surface area contributed by atoms with Crippen molar-refractivity contribution in [2.45, 2.75) is 0 Å². The van der Waals surface area contributed by atoms with Gasteiger partial charge in [-0.3, -0.25) is 14.5 Å². The summed E-state index contributed by atoms with van der Waals surface area (Å²) < 4.78 is 10.5. The molecular formula is C18H22N4O4. The highest BCUT2D eigenvalue weighted by Crippen LogP contribution is 2.19. The van der Waals surface area contributed by atoms with Crippen molar-refractivity contribution >= 4 is 11.8 Å². The molecule has 26 heavy (non-hydrogen) atoms. The molecule has 0 spiro atoms. The molecule has 1 aromatic heterocycles. The summed E-state index contributed by atoms with van der Waals surface area (Å²) in [6.45, 7) is 4.42. The van der Waals surface area contributed by atoms with Crippen molar-refractivity contribution in [3.63, 3.8) is 0 Å². The summed E-state index contributed by atoms with van der Waals surface area (Å²) >= 11 is 0. The molecule has 1 aliphatic rings. The lowest BCUT2D eigenvalue weighted by atomic mass is 10.1. The number of aromatic nitrogens is 1. The highest BCUT2D eigenvalue weighted by atomic mass is 16.5. The zero-order valence-electron chi connectivity index (χ0n) is 14.4. The van der Waals surface area contributed by atoms with E-state index >= 15 is 0 Å². The van der Waals surface area contributed by atoms with E-state index in [4.69, 9.17) is 9.26 Å². The summed E-state index contributed by atoms with van der Waals surface area (Å²) in [6.07, 6.45) is 0. The molecule has 0 radical (unpaired) electrons. The van der Waals surface area contributed by atoms with Crippen molar-refractivity contribution in [1.29, 1.82) is 0 Å². The Morgan fingerprint density at radius 3 is 2.65 bits per heavy atom. The molecule has 0 saturated carbocycles. The van der Waals surface area contributed by atoms with E-state index in [1.54, 1.807) is 6.07 Å². The van der Waals surface area contributed by atoms with Crippen LogP contribution in [0, 0.1) is 0 Å². The SMILES string of the molecule is O=C(CNC(=O)c1cc(-c2ccccc2)on1)NCCN1CCOCC1. The van der Waals surface area contributed by atoms with Crippen molar-refractivity contribution in [2.75, 3.05) is 45.9 Å². The van der Waals surface area contributed by atoms with E-state index in [0.29, 0.717) is 12.3 Å². The average molecular weight is 358 g/mol. The lowest BCUT2D eigenvalue weighted by Gasteiger charge is -2.26. The zero-order chi connectivity index (χ0) is 18.2. The second-order valence-electron chi connectivity index (χ2n) is 5.93. The molecule has 2 aromatic rings. The van der Waals surface area contributed by atoms with Gasteiger partial charge >= 0.3 is 0 Å². The quantitative estimate of drug-likeness (QED) is 0.749. The third-order valence-corrected chi connectivity index (χ3v) is 4.06. The van der Waals surface area contributed by atoms with Crippen LogP contribution in [0.15, 0.2) is 40.9 Å². The lowest BCUT2D eigenvalue weighted by Crippen LogP contribution is -2.43. The third kappa shape index (κ3) is 5.14. The Balaban J connectivity index is 1.39. The molecule has 1 fully saturated rings. The highest BCUT2D eigenvalue weighted by Gasteiger charge is 2.15. The van der Waals surface area contributed by atoms with Crippen molar-refractivity contribution in [1.82, 2.24) is 20.7 Å². The summed E-state index contributed by atoms with van der Waals surface area (Å²) in [6, 6.07) is 10.9. The van der Waals surface area contributed by atoms with Crippen molar-refractivity contribution in [3.05, 3.63) is 42.1 Å². The van der Waals surface area contributed by atoms with Crippen LogP contribution in [-0.2, 0) is 9.53 Å². The minimum absolute atomic E-state index is 0.102. The molecule has 8 heteroatoms. The Labute approximate surface area is 151 Å². The van der Waals surface area contributed by atoms with Crippen molar-refractivity contribution in [3.8, 4) is 11.3 Å². The molecule has 0 aliphatic carbocycles. The van der Waals surface area contributed by atoms with Crippen LogP contribution in [0.1, 0.15) is 10.5 Å². The fourth-order valence-electron chi connectivity index (χ4n) is 2.61. The van der Waals surface area contributed by atoms with Crippen LogP contribution in [0.3, 0.4) is 0 Å². The van der Waals surface area contributed by atoms with E-state index in [9.17, 15) is 9.59 Å². The van der Waals surface area contributed by atoms with E-state index < -0.39 is 5.91 Å². The summed E-state index contributed by atoms with van der Waals surface area (Å²) in [5.74, 6) is -0.177. The molecular weight excluding hydrogens is 336 g/mol. The van der Waals surface area contributed by atoms with Gasteiger partial charge in [-0.1, -0.05) is 35.5 Å². The second kappa shape index (κ2) is 9.12. The van der Waals surface area contributed by atoms with E-state index in [1.807, 2.05) is 30.3 Å². The smallest absolute Gasteiger partial charge is 0.273 e. The fourth-order valence-corrected chi connectivity index (χ4v) is 2.61. The first-order valence-electron chi connectivity index (χ1n) is 8.59. The Bertz CT molecular complexity index is 726. The molecule has 3 rings (SSSR count). The Kier molecular flexibility index (Phi) is 6.34. The maximum absolute atomic E-state index is 12.1. The van der Waals surface area contributed by atoms with Crippen LogP contribution in [-0.4, -0.2) is 67.8 Å². The molecule has 0 atom stereocenters. The number of morpholine rings is 1. The monoisotopic (exact) mass is 358 g/mol. The summed E-state index contributed by atoms with van der Waals surface area (Å²) in [7, 11) is 0. The van der Waals surface area contributed by atoms with Crippen LogP contribution in [0.2, 0.25) is 0 Å². The van der Waals surface area contributed by atoms with Gasteiger partial charge in [-0.15, -0.1) is 0 Å². The molecule has 1 aromatic carbocycles. The second-order valence-corrected chi connectivity index (χ2v) is 5.93. The van der Waals surface area contributed by atoms with Gasteiger partial charge in [0.15, 0.2) is 11.5 Å². The predicted octanol–water partition coefficient (Wildman–Crippen LogP) is 0.520. The van der Waals surface area contributed by atoms with Crippen LogP contribution in [0.4, 0.5) is 0 Å². The maximum atomic E-state index is 12.1. The Morgan fingerprint density at radius 2 is 1.88 bits per heavy atom. The molecule has 1 aliphatic heterocycles. The number of nitrogens with one attached hydrogen (secondary N) is 2. The largest absolute Gasteiger partial charge is 0.379 e. The van der Waals surface area contributed by atoms with E-state index in [2.05, 4.69) is 20.7 Å². The van der Waals surface area contributed by atoms with Gasteiger partial charge in [0.25, 0.3) is 5.91 Å². The van der Waals surface area contributed by atoms with Gasteiger partial charge in [-0.2, -0.15) is 0 Å². The fraction of sp³-hybridized carbons (Fsp3) is 0.389. The third-order valence-electron chi connectivity index (χ3n) is 4.06. The molecule has 2 N–H and O–H groups in total. The number of nitrogens with zero attached hydrogens (tertiary/aromatic N) is 2. The molecule has 0 bridgehead atoms. The number of benzene rings is 1. The van der Waals surface area contributed by atoms with Crippen LogP contribution in [0.5, 0.6) is 0 Å². The maximum Gasteiger partial charge on any atom is 0.273 e. The van der Waals surface area contributed by atoms with Gasteiger partial charge < -0.3 is 19.9 Å². The standard InChI is InChI=1S/C18H22N4O4/c23-17(19-6-7-22-8-10-25-11-9-22)13-20-18(24)15-12-16(26-21-15)14-4-2-1-3-5-14/h1-5,12H,6-11,13H2,(H,19,23)(H,20,24). The lowest BCUT2D eigenvalue weighted by molar-refractivity contribution is -0.120. The number of hydrogen-bond donors (Lipinski definition) is 2. The number of ether oxygens (including phenoxy) is 1. The topological polar surface area (TPSA) is 96.7 Å². The van der Waals surface area contributed by atoms with Gasteiger partial charge in [-0.05, 0) is 0 Å². The molecule has 8 nitrogen and oxygen atoms in total. The number of rotatable bonds is 7. The zero-order valence-corrected chi connectivity index (χ0v) is 14.4. The minimum Gasteiger partial charge on any atom is -0.379 e. The van der Waals surface area contributed by atoms with Gasteiger partial charge in [0.05, 0.1) is 19.8 Å². The molecule has 1 saturated heterocycles. The predicted molar refractivity (Wildman–Crippen MR) is 94.5 cm³/mol. The number of hydrogen-bond acceptors (Lipinski definition) is 6. The normalized spacial score (nSPS) is 14.8. The van der Waals surface area contributed by atoms with Crippen molar-refractivity contribution < 1.29 is 18.8 Å². The number of amides is 2. The van der Waals surface area contributed by atoms with Crippen LogP contribution in [0.25, 0.3) is 11.3 Å². The molecule has 0 unspecified atom stereocenters. The first-order valence-corrected chi connectivity index (χ1v) is 8.59. The van der Waals surface area contributed by atoms with Gasteiger partial charge in [0.1, 0.15) is 0 Å². The van der Waals surface area contributed by atoms with E-state index in [0.717, 1.165) is 38.4 Å². The highest BCUT2D eigenvalue weighted by molar-refractivity contribution is 5.95. The van der Waals surface area contributed by atoms with Gasteiger partial charge in [0.2, 0.25) is 5.91 Å². The van der Waals surface area contributed by atoms with Crippen molar-refractivity contribution in [2.24, 2.45) is 0 Å². The summed E-state index contributed by atoms with van der Waals surface area (Å²) in [5.41, 5.74) is 0.977.